The minimum atomic E-state index is -0.409. The van der Waals surface area contributed by atoms with E-state index in [9.17, 15) is 9.90 Å². The van der Waals surface area contributed by atoms with Gasteiger partial charge >= 0.3 is 0 Å². The number of nitrogens with two attached hydrogens (primary N) is 1. The third-order valence-electron chi connectivity index (χ3n) is 2.30. The predicted octanol–water partition coefficient (Wildman–Crippen LogP) is 1.68. The van der Waals surface area contributed by atoms with Crippen LogP contribution in [0, 0.1) is 0 Å². The number of carbonyl (C=O) groups is 1. The summed E-state index contributed by atoms with van der Waals surface area (Å²) in [4.78, 5) is 10.7. The van der Waals surface area contributed by atoms with Crippen molar-refractivity contribution in [3.05, 3.63) is 28.2 Å². The summed E-state index contributed by atoms with van der Waals surface area (Å²) in [7, 11) is 0. The number of rotatable bonds is 5. The summed E-state index contributed by atoms with van der Waals surface area (Å²) in [6, 6.07) is 5.13. The molecule has 0 saturated heterocycles. The van der Waals surface area contributed by atoms with Crippen LogP contribution in [0.25, 0.3) is 0 Å². The molecule has 4 nitrogen and oxygen atoms in total. The summed E-state index contributed by atoms with van der Waals surface area (Å²) in [6.07, 6.45) is 0.761. The highest BCUT2D eigenvalue weighted by molar-refractivity contribution is 9.10. The summed E-state index contributed by atoms with van der Waals surface area (Å²) in [6.45, 7) is 2.07. The molecule has 16 heavy (non-hydrogen) atoms. The van der Waals surface area contributed by atoms with Gasteiger partial charge in [-0.15, -0.1) is 0 Å². The van der Waals surface area contributed by atoms with Crippen molar-refractivity contribution in [2.24, 2.45) is 5.73 Å². The largest absolute Gasteiger partial charge is 0.508 e. The molecular weight excluding hydrogens is 272 g/mol. The van der Waals surface area contributed by atoms with Gasteiger partial charge in [-0.3, -0.25) is 4.79 Å². The predicted molar refractivity (Wildman–Crippen MR) is 66.0 cm³/mol. The summed E-state index contributed by atoms with van der Waals surface area (Å²) in [5.74, 6) is -0.194. The number of benzene rings is 1. The molecule has 88 valence electrons. The molecule has 0 saturated carbocycles. The van der Waals surface area contributed by atoms with Crippen molar-refractivity contribution >= 4 is 21.8 Å². The van der Waals surface area contributed by atoms with Gasteiger partial charge in [-0.2, -0.15) is 0 Å². The molecule has 1 atom stereocenters. The Balaban J connectivity index is 2.85. The standard InChI is InChI=1S/C11H15BrN2O2/c1-2-9(14-6-11(13)16)8-5-7(12)3-4-10(8)15/h3-5,9,14-15H,2,6H2,1H3,(H2,13,16). The Hall–Kier alpha value is -1.07. The van der Waals surface area contributed by atoms with Gasteiger partial charge in [-0.1, -0.05) is 22.9 Å². The van der Waals surface area contributed by atoms with Crippen molar-refractivity contribution in [3.8, 4) is 5.75 Å². The second kappa shape index (κ2) is 5.86. The topological polar surface area (TPSA) is 75.3 Å². The minimum absolute atomic E-state index is 0.0787. The lowest BCUT2D eigenvalue weighted by Crippen LogP contribution is -2.31. The van der Waals surface area contributed by atoms with Gasteiger partial charge in [0.25, 0.3) is 0 Å². The van der Waals surface area contributed by atoms with Crippen molar-refractivity contribution in [2.45, 2.75) is 19.4 Å². The van der Waals surface area contributed by atoms with Crippen LogP contribution >= 0.6 is 15.9 Å². The van der Waals surface area contributed by atoms with E-state index in [1.54, 1.807) is 12.1 Å². The Labute approximate surface area is 103 Å². The van der Waals surface area contributed by atoms with E-state index in [1.165, 1.54) is 0 Å². The van der Waals surface area contributed by atoms with E-state index in [1.807, 2.05) is 13.0 Å². The van der Waals surface area contributed by atoms with Crippen LogP contribution in [-0.2, 0) is 4.79 Å². The van der Waals surface area contributed by atoms with E-state index in [4.69, 9.17) is 5.73 Å². The third kappa shape index (κ3) is 3.50. The Morgan fingerprint density at radius 3 is 2.88 bits per heavy atom. The average molecular weight is 287 g/mol. The second-order valence-electron chi connectivity index (χ2n) is 3.51. The highest BCUT2D eigenvalue weighted by Gasteiger charge is 2.14. The maximum atomic E-state index is 10.7. The summed E-state index contributed by atoms with van der Waals surface area (Å²) in [5.41, 5.74) is 5.83. The first-order valence-electron chi connectivity index (χ1n) is 5.04. The van der Waals surface area contributed by atoms with Crippen LogP contribution in [0.3, 0.4) is 0 Å². The maximum absolute atomic E-state index is 10.7. The zero-order valence-electron chi connectivity index (χ0n) is 9.03. The van der Waals surface area contributed by atoms with Gasteiger partial charge in [0.05, 0.1) is 6.54 Å². The van der Waals surface area contributed by atoms with Crippen LogP contribution in [0.15, 0.2) is 22.7 Å². The van der Waals surface area contributed by atoms with Gasteiger partial charge < -0.3 is 16.2 Å². The van der Waals surface area contributed by atoms with Crippen LogP contribution in [0.1, 0.15) is 24.9 Å². The smallest absolute Gasteiger partial charge is 0.231 e. The number of primary amides is 1. The molecule has 4 N–H and O–H groups in total. The Morgan fingerprint density at radius 1 is 1.62 bits per heavy atom. The molecule has 0 aromatic heterocycles. The van der Waals surface area contributed by atoms with Gasteiger partial charge in [0.2, 0.25) is 5.91 Å². The average Bonchev–Trinajstić information content (AvgIpc) is 2.23. The number of phenolic OH excluding ortho intramolecular Hbond substituents is 1. The number of aromatic hydroxyl groups is 1. The van der Waals surface area contributed by atoms with Gasteiger partial charge in [-0.25, -0.2) is 0 Å². The molecule has 0 heterocycles. The number of amides is 1. The van der Waals surface area contributed by atoms with Crippen LogP contribution in [0.5, 0.6) is 5.75 Å². The lowest BCUT2D eigenvalue weighted by atomic mass is 10.0. The molecule has 0 aliphatic rings. The SMILES string of the molecule is CCC(NCC(N)=O)c1cc(Br)ccc1O. The van der Waals surface area contributed by atoms with E-state index >= 15 is 0 Å². The Kier molecular flexibility index (Phi) is 4.76. The number of carbonyl (C=O) groups excluding carboxylic acids is 1. The Bertz CT molecular complexity index is 382. The quantitative estimate of drug-likeness (QED) is 0.771. The number of nitrogens with one attached hydrogen (secondary N) is 1. The highest BCUT2D eigenvalue weighted by Crippen LogP contribution is 2.29. The van der Waals surface area contributed by atoms with Crippen molar-refractivity contribution in [1.82, 2.24) is 5.32 Å². The van der Waals surface area contributed by atoms with Gasteiger partial charge in [-0.05, 0) is 24.6 Å². The zero-order chi connectivity index (χ0) is 12.1. The van der Waals surface area contributed by atoms with E-state index in [-0.39, 0.29) is 18.3 Å². The van der Waals surface area contributed by atoms with E-state index in [0.29, 0.717) is 0 Å². The number of hydrogen-bond donors (Lipinski definition) is 3. The monoisotopic (exact) mass is 286 g/mol. The van der Waals surface area contributed by atoms with Gasteiger partial charge in [0.15, 0.2) is 0 Å². The van der Waals surface area contributed by atoms with Crippen molar-refractivity contribution < 1.29 is 9.90 Å². The summed E-state index contributed by atoms with van der Waals surface area (Å²) in [5, 5.41) is 12.7. The summed E-state index contributed by atoms with van der Waals surface area (Å²) < 4.78 is 0.889. The van der Waals surface area contributed by atoms with Crippen molar-refractivity contribution in [1.29, 1.82) is 0 Å². The van der Waals surface area contributed by atoms with Crippen LogP contribution in [-0.4, -0.2) is 17.6 Å². The fourth-order valence-electron chi connectivity index (χ4n) is 1.50. The lowest BCUT2D eigenvalue weighted by molar-refractivity contribution is -0.117. The molecule has 5 heteroatoms. The van der Waals surface area contributed by atoms with Crippen LogP contribution in [0.4, 0.5) is 0 Å². The first-order valence-corrected chi connectivity index (χ1v) is 5.84. The zero-order valence-corrected chi connectivity index (χ0v) is 10.6. The number of phenols is 1. The first kappa shape index (κ1) is 13.0. The Morgan fingerprint density at radius 2 is 2.31 bits per heavy atom. The molecule has 0 fully saturated rings. The molecule has 0 aliphatic carbocycles. The normalized spacial score (nSPS) is 12.4. The summed E-state index contributed by atoms with van der Waals surface area (Å²) >= 11 is 3.34. The molecule has 0 bridgehead atoms. The minimum Gasteiger partial charge on any atom is -0.508 e. The fourth-order valence-corrected chi connectivity index (χ4v) is 1.88. The molecule has 1 unspecified atom stereocenters. The number of halogens is 1. The maximum Gasteiger partial charge on any atom is 0.231 e. The first-order chi connectivity index (χ1) is 7.54. The van der Waals surface area contributed by atoms with E-state index < -0.39 is 5.91 Å². The van der Waals surface area contributed by atoms with Crippen molar-refractivity contribution in [2.75, 3.05) is 6.54 Å². The van der Waals surface area contributed by atoms with E-state index in [0.717, 1.165) is 16.5 Å². The van der Waals surface area contributed by atoms with Crippen molar-refractivity contribution in [3.63, 3.8) is 0 Å². The molecule has 1 aromatic rings. The molecule has 1 amide bonds. The lowest BCUT2D eigenvalue weighted by Gasteiger charge is -2.17. The third-order valence-corrected chi connectivity index (χ3v) is 2.79. The fraction of sp³-hybridized carbons (Fsp3) is 0.364. The molecule has 0 spiro atoms. The molecule has 1 rings (SSSR count). The highest BCUT2D eigenvalue weighted by atomic mass is 79.9. The van der Waals surface area contributed by atoms with Crippen LogP contribution in [0.2, 0.25) is 0 Å². The molecule has 1 aromatic carbocycles. The number of hydrogen-bond acceptors (Lipinski definition) is 3. The molecule has 0 radical (unpaired) electrons. The van der Waals surface area contributed by atoms with Gasteiger partial charge in [0, 0.05) is 16.1 Å². The second-order valence-corrected chi connectivity index (χ2v) is 4.43. The van der Waals surface area contributed by atoms with Gasteiger partial charge in [0.1, 0.15) is 5.75 Å². The van der Waals surface area contributed by atoms with E-state index in [2.05, 4.69) is 21.2 Å². The van der Waals surface area contributed by atoms with Crippen LogP contribution < -0.4 is 11.1 Å². The molecular formula is C11H15BrN2O2. The molecule has 0 aliphatic heterocycles.